The van der Waals surface area contributed by atoms with Crippen molar-refractivity contribution >= 4 is 17.2 Å². The first-order valence-electron chi connectivity index (χ1n) is 8.98. The summed E-state index contributed by atoms with van der Waals surface area (Å²) in [6, 6.07) is 6.08. The Kier molecular flexibility index (Phi) is 5.14. The van der Waals surface area contributed by atoms with Crippen molar-refractivity contribution < 1.29 is 9.53 Å². The molecule has 0 spiro atoms. The van der Waals surface area contributed by atoms with Crippen LogP contribution in [0.1, 0.15) is 29.8 Å². The van der Waals surface area contributed by atoms with Crippen molar-refractivity contribution in [1.82, 2.24) is 20.4 Å². The van der Waals surface area contributed by atoms with Gasteiger partial charge in [-0.15, -0.1) is 11.3 Å². The topological polar surface area (TPSA) is 70.2 Å². The number of carbonyl (C=O) groups is 1. The van der Waals surface area contributed by atoms with Crippen molar-refractivity contribution in [3.8, 4) is 10.6 Å². The highest BCUT2D eigenvalue weighted by Gasteiger charge is 2.25. The molecule has 4 rings (SSSR count). The molecule has 0 aromatic carbocycles. The van der Waals surface area contributed by atoms with Gasteiger partial charge < -0.3 is 15.0 Å². The maximum absolute atomic E-state index is 12.4. The lowest BCUT2D eigenvalue weighted by molar-refractivity contribution is 0.0898. The average molecular weight is 360 g/mol. The largest absolute Gasteiger partial charge is 0.381 e. The molecule has 2 aromatic rings. The number of H-pyrrole nitrogens is 1. The average Bonchev–Trinajstić information content (AvgIpc) is 3.38. The van der Waals surface area contributed by atoms with Crippen LogP contribution in [0.15, 0.2) is 23.6 Å². The molecule has 2 fully saturated rings. The molecule has 2 saturated heterocycles. The summed E-state index contributed by atoms with van der Waals surface area (Å²) in [5.41, 5.74) is 1.36. The summed E-state index contributed by atoms with van der Waals surface area (Å²) in [7, 11) is 0. The summed E-state index contributed by atoms with van der Waals surface area (Å²) in [6.07, 6.45) is 3.19. The molecule has 0 aliphatic carbocycles. The molecular formula is C18H24N4O2S. The summed E-state index contributed by atoms with van der Waals surface area (Å²) in [6.45, 7) is 5.03. The third-order valence-corrected chi connectivity index (χ3v) is 5.96. The molecule has 6 nitrogen and oxygen atoms in total. The Morgan fingerprint density at radius 3 is 3.00 bits per heavy atom. The summed E-state index contributed by atoms with van der Waals surface area (Å²) in [4.78, 5) is 16.0. The van der Waals surface area contributed by atoms with E-state index in [-0.39, 0.29) is 11.9 Å². The highest BCUT2D eigenvalue weighted by Crippen LogP contribution is 2.23. The summed E-state index contributed by atoms with van der Waals surface area (Å²) >= 11 is 1.63. The van der Waals surface area contributed by atoms with Crippen LogP contribution in [-0.4, -0.2) is 59.9 Å². The SMILES string of the molecule is O=C(NC1CCN(CC2CCOC2)CC1)c1cc(-c2cccs2)[nH]n1. The lowest BCUT2D eigenvalue weighted by atomic mass is 10.0. The maximum atomic E-state index is 12.4. The lowest BCUT2D eigenvalue weighted by Crippen LogP contribution is -2.45. The normalized spacial score (nSPS) is 22.3. The molecule has 7 heteroatoms. The Morgan fingerprint density at radius 2 is 2.28 bits per heavy atom. The Hall–Kier alpha value is -1.70. The summed E-state index contributed by atoms with van der Waals surface area (Å²) in [5.74, 6) is 0.604. The minimum atomic E-state index is -0.0818. The third-order valence-electron chi connectivity index (χ3n) is 5.06. The fraction of sp³-hybridized carbons (Fsp3) is 0.556. The van der Waals surface area contributed by atoms with Crippen LogP contribution in [0, 0.1) is 5.92 Å². The van der Waals surface area contributed by atoms with Crippen LogP contribution in [0.4, 0.5) is 0 Å². The van der Waals surface area contributed by atoms with E-state index in [1.807, 2.05) is 23.6 Å². The van der Waals surface area contributed by atoms with E-state index < -0.39 is 0 Å². The van der Waals surface area contributed by atoms with E-state index in [4.69, 9.17) is 4.74 Å². The second-order valence-corrected chi connectivity index (χ2v) is 7.87. The van der Waals surface area contributed by atoms with Crippen LogP contribution < -0.4 is 5.32 Å². The minimum absolute atomic E-state index is 0.0818. The molecule has 0 saturated carbocycles. The van der Waals surface area contributed by atoms with Gasteiger partial charge in [-0.25, -0.2) is 0 Å². The van der Waals surface area contributed by atoms with Crippen LogP contribution in [0.3, 0.4) is 0 Å². The number of amides is 1. The van der Waals surface area contributed by atoms with Gasteiger partial charge in [-0.2, -0.15) is 5.10 Å². The molecule has 2 aliphatic rings. The number of hydrogen-bond donors (Lipinski definition) is 2. The molecule has 0 bridgehead atoms. The van der Waals surface area contributed by atoms with Crippen LogP contribution in [0.5, 0.6) is 0 Å². The highest BCUT2D eigenvalue weighted by atomic mass is 32.1. The number of carbonyl (C=O) groups excluding carboxylic acids is 1. The number of nitrogens with one attached hydrogen (secondary N) is 2. The zero-order valence-corrected chi connectivity index (χ0v) is 15.1. The number of thiophene rings is 1. The van der Waals surface area contributed by atoms with Gasteiger partial charge in [0.05, 0.1) is 17.2 Å². The van der Waals surface area contributed by atoms with E-state index in [0.717, 1.165) is 56.3 Å². The molecule has 25 heavy (non-hydrogen) atoms. The molecule has 2 aromatic heterocycles. The standard InChI is InChI=1S/C18H24N4O2S/c23-18(16-10-15(20-21-16)17-2-1-9-25-17)19-14-3-6-22(7-4-14)11-13-5-8-24-12-13/h1-2,9-10,13-14H,3-8,11-12H2,(H,19,23)(H,20,21). The molecule has 4 heterocycles. The van der Waals surface area contributed by atoms with Crippen molar-refractivity contribution in [2.75, 3.05) is 32.8 Å². The molecule has 2 aliphatic heterocycles. The predicted molar refractivity (Wildman–Crippen MR) is 97.8 cm³/mol. The minimum Gasteiger partial charge on any atom is -0.381 e. The molecule has 2 N–H and O–H groups in total. The zero-order chi connectivity index (χ0) is 17.1. The van der Waals surface area contributed by atoms with Crippen LogP contribution in [0.25, 0.3) is 10.6 Å². The molecular weight excluding hydrogens is 336 g/mol. The first-order chi connectivity index (χ1) is 12.3. The van der Waals surface area contributed by atoms with E-state index in [1.165, 1.54) is 6.42 Å². The Labute approximate surface area is 151 Å². The number of aromatic nitrogens is 2. The molecule has 1 unspecified atom stereocenters. The van der Waals surface area contributed by atoms with Crippen molar-refractivity contribution in [3.63, 3.8) is 0 Å². The Bertz CT molecular complexity index is 686. The Balaban J connectivity index is 1.26. The van der Waals surface area contributed by atoms with E-state index in [0.29, 0.717) is 11.6 Å². The number of nitrogens with zero attached hydrogens (tertiary/aromatic N) is 2. The Morgan fingerprint density at radius 1 is 1.40 bits per heavy atom. The second-order valence-electron chi connectivity index (χ2n) is 6.92. The van der Waals surface area contributed by atoms with Crippen molar-refractivity contribution in [2.45, 2.75) is 25.3 Å². The number of ether oxygens (including phenoxy) is 1. The maximum Gasteiger partial charge on any atom is 0.272 e. The van der Waals surface area contributed by atoms with Crippen molar-refractivity contribution in [3.05, 3.63) is 29.3 Å². The number of aromatic amines is 1. The number of hydrogen-bond acceptors (Lipinski definition) is 5. The molecule has 1 atom stereocenters. The predicted octanol–water partition coefficient (Wildman–Crippen LogP) is 2.37. The van der Waals surface area contributed by atoms with Crippen molar-refractivity contribution in [2.24, 2.45) is 5.92 Å². The number of likely N-dealkylation sites (tertiary alicyclic amines) is 1. The van der Waals surface area contributed by atoms with Crippen LogP contribution >= 0.6 is 11.3 Å². The van der Waals surface area contributed by atoms with Gasteiger partial charge in [0.15, 0.2) is 5.69 Å². The van der Waals surface area contributed by atoms with Gasteiger partial charge in [-0.3, -0.25) is 9.89 Å². The number of rotatable bonds is 5. The van der Waals surface area contributed by atoms with Crippen molar-refractivity contribution in [1.29, 1.82) is 0 Å². The van der Waals surface area contributed by atoms with Crippen LogP contribution in [0.2, 0.25) is 0 Å². The van der Waals surface area contributed by atoms with E-state index in [2.05, 4.69) is 20.4 Å². The first-order valence-corrected chi connectivity index (χ1v) is 9.86. The fourth-order valence-corrected chi connectivity index (χ4v) is 4.30. The van der Waals surface area contributed by atoms with Gasteiger partial charge in [-0.1, -0.05) is 6.07 Å². The van der Waals surface area contributed by atoms with Gasteiger partial charge in [0.25, 0.3) is 5.91 Å². The fourth-order valence-electron chi connectivity index (χ4n) is 3.61. The van der Waals surface area contributed by atoms with Gasteiger partial charge in [0, 0.05) is 32.3 Å². The smallest absolute Gasteiger partial charge is 0.272 e. The van der Waals surface area contributed by atoms with Gasteiger partial charge >= 0.3 is 0 Å². The van der Waals surface area contributed by atoms with E-state index >= 15 is 0 Å². The first kappa shape index (κ1) is 16.8. The highest BCUT2D eigenvalue weighted by molar-refractivity contribution is 7.13. The molecule has 1 amide bonds. The van der Waals surface area contributed by atoms with Gasteiger partial charge in [0.1, 0.15) is 0 Å². The molecule has 0 radical (unpaired) electrons. The monoisotopic (exact) mass is 360 g/mol. The van der Waals surface area contributed by atoms with Gasteiger partial charge in [0.2, 0.25) is 0 Å². The van der Waals surface area contributed by atoms with E-state index in [9.17, 15) is 4.79 Å². The quantitative estimate of drug-likeness (QED) is 0.859. The summed E-state index contributed by atoms with van der Waals surface area (Å²) in [5, 5.41) is 12.3. The third kappa shape index (κ3) is 4.11. The zero-order valence-electron chi connectivity index (χ0n) is 14.2. The second kappa shape index (κ2) is 7.68. The number of piperidine rings is 1. The van der Waals surface area contributed by atoms with E-state index in [1.54, 1.807) is 11.3 Å². The van der Waals surface area contributed by atoms with Crippen LogP contribution in [-0.2, 0) is 4.74 Å². The lowest BCUT2D eigenvalue weighted by Gasteiger charge is -2.33. The molecule has 134 valence electrons. The van der Waals surface area contributed by atoms with Gasteiger partial charge in [-0.05, 0) is 42.7 Å². The summed E-state index contributed by atoms with van der Waals surface area (Å²) < 4.78 is 5.46.